The molecule has 18 heavy (non-hydrogen) atoms. The molecule has 0 saturated carbocycles. The van der Waals surface area contributed by atoms with Crippen LogP contribution in [0.4, 0.5) is 13.2 Å². The maximum absolute atomic E-state index is 12.9. The summed E-state index contributed by atoms with van der Waals surface area (Å²) in [6, 6.07) is 4.00. The number of carbonyl (C=O) groups excluding carboxylic acids is 1. The number of alkyl halides is 3. The molecule has 3 nitrogen and oxygen atoms in total. The molecule has 1 aromatic carbocycles. The van der Waals surface area contributed by atoms with Crippen LogP contribution in [0, 0.1) is 0 Å². The monoisotopic (exact) mass is 260 g/mol. The molecule has 98 valence electrons. The summed E-state index contributed by atoms with van der Waals surface area (Å²) in [7, 11) is 0. The molecule has 0 aromatic heterocycles. The molecule has 2 rings (SSSR count). The van der Waals surface area contributed by atoms with Crippen molar-refractivity contribution in [2.24, 2.45) is 0 Å². The molecule has 0 fully saturated rings. The van der Waals surface area contributed by atoms with Crippen LogP contribution in [0.15, 0.2) is 18.2 Å². The first-order valence-corrected chi connectivity index (χ1v) is 5.33. The fourth-order valence-corrected chi connectivity index (χ4v) is 1.83. The molecule has 6 heteroatoms. The third-order valence-corrected chi connectivity index (χ3v) is 2.97. The quantitative estimate of drug-likeness (QED) is 0.623. The SMILES string of the molecule is CC(C)c1ccc2c(c1)[C@@](O)(C(F)(F)F)C(=O)O2. The molecule has 1 aliphatic heterocycles. The second-order valence-corrected chi connectivity index (χ2v) is 4.51. The van der Waals surface area contributed by atoms with E-state index in [1.165, 1.54) is 12.1 Å². The molecular formula is C12H11F3O3. The van der Waals surface area contributed by atoms with Gasteiger partial charge in [-0.3, -0.25) is 0 Å². The summed E-state index contributed by atoms with van der Waals surface area (Å²) in [6.45, 7) is 3.60. The van der Waals surface area contributed by atoms with E-state index in [0.29, 0.717) is 5.56 Å². The number of rotatable bonds is 1. The van der Waals surface area contributed by atoms with Crippen LogP contribution in [-0.2, 0) is 10.4 Å². The number of ether oxygens (including phenoxy) is 1. The van der Waals surface area contributed by atoms with Gasteiger partial charge in [0.1, 0.15) is 5.75 Å². The molecule has 0 spiro atoms. The minimum absolute atomic E-state index is 0.0246. The van der Waals surface area contributed by atoms with Crippen molar-refractivity contribution in [3.8, 4) is 5.75 Å². The van der Waals surface area contributed by atoms with Crippen molar-refractivity contribution in [1.82, 2.24) is 0 Å². The summed E-state index contributed by atoms with van der Waals surface area (Å²) >= 11 is 0. The molecule has 1 aliphatic rings. The van der Waals surface area contributed by atoms with Crippen molar-refractivity contribution >= 4 is 5.97 Å². The topological polar surface area (TPSA) is 46.5 Å². The Labute approximate surface area is 101 Å². The van der Waals surface area contributed by atoms with E-state index in [1.807, 2.05) is 0 Å². The zero-order valence-electron chi connectivity index (χ0n) is 9.71. The van der Waals surface area contributed by atoms with Gasteiger partial charge in [-0.1, -0.05) is 19.9 Å². The van der Waals surface area contributed by atoms with Gasteiger partial charge in [0.15, 0.2) is 0 Å². The van der Waals surface area contributed by atoms with Gasteiger partial charge in [-0.2, -0.15) is 13.2 Å². The van der Waals surface area contributed by atoms with Gasteiger partial charge in [0.2, 0.25) is 0 Å². The van der Waals surface area contributed by atoms with Gasteiger partial charge in [0.05, 0.1) is 0 Å². The van der Waals surface area contributed by atoms with Crippen LogP contribution >= 0.6 is 0 Å². The summed E-state index contributed by atoms with van der Waals surface area (Å²) in [5.41, 5.74) is -3.51. The average molecular weight is 260 g/mol. The van der Waals surface area contributed by atoms with Crippen LogP contribution in [0.1, 0.15) is 30.9 Å². The first-order valence-electron chi connectivity index (χ1n) is 5.33. The lowest BCUT2D eigenvalue weighted by molar-refractivity contribution is -0.258. The Morgan fingerprint density at radius 2 is 1.94 bits per heavy atom. The Morgan fingerprint density at radius 3 is 2.44 bits per heavy atom. The number of halogens is 3. The summed E-state index contributed by atoms with van der Waals surface area (Å²) < 4.78 is 43.0. The first-order chi connectivity index (χ1) is 8.18. The highest BCUT2D eigenvalue weighted by Crippen LogP contribution is 2.48. The minimum atomic E-state index is -5.11. The third kappa shape index (κ3) is 1.59. The number of benzene rings is 1. The lowest BCUT2D eigenvalue weighted by atomic mass is 9.91. The maximum Gasteiger partial charge on any atom is 0.432 e. The molecule has 0 bridgehead atoms. The highest BCUT2D eigenvalue weighted by Gasteiger charge is 2.66. The standard InChI is InChI=1S/C12H11F3O3/c1-6(2)7-3-4-9-8(5-7)11(17,10(16)18-9)12(13,14)15/h3-6,17H,1-2H3/t11-/m0/s1. The fraction of sp³-hybridized carbons (Fsp3) is 0.417. The summed E-state index contributed by atoms with van der Waals surface area (Å²) in [5.74, 6) is -1.97. The van der Waals surface area contributed by atoms with Gasteiger partial charge in [-0.05, 0) is 23.6 Å². The highest BCUT2D eigenvalue weighted by atomic mass is 19.4. The minimum Gasteiger partial charge on any atom is -0.423 e. The van der Waals surface area contributed by atoms with Gasteiger partial charge in [-0.25, -0.2) is 4.79 Å². The molecule has 1 atom stereocenters. The maximum atomic E-state index is 12.9. The van der Waals surface area contributed by atoms with Crippen LogP contribution in [0.3, 0.4) is 0 Å². The van der Waals surface area contributed by atoms with E-state index in [2.05, 4.69) is 4.74 Å². The van der Waals surface area contributed by atoms with E-state index in [4.69, 9.17) is 0 Å². The van der Waals surface area contributed by atoms with E-state index in [1.54, 1.807) is 19.9 Å². The van der Waals surface area contributed by atoms with Crippen molar-refractivity contribution in [2.75, 3.05) is 0 Å². The number of esters is 1. The fourth-order valence-electron chi connectivity index (χ4n) is 1.83. The van der Waals surface area contributed by atoms with Crippen molar-refractivity contribution in [1.29, 1.82) is 0 Å². The lowest BCUT2D eigenvalue weighted by Crippen LogP contribution is -2.47. The van der Waals surface area contributed by atoms with Gasteiger partial charge in [-0.15, -0.1) is 0 Å². The molecule has 0 saturated heterocycles. The zero-order chi connectivity index (χ0) is 13.7. The Bertz CT molecular complexity index is 508. The number of fused-ring (bicyclic) bond motifs is 1. The molecule has 1 heterocycles. The van der Waals surface area contributed by atoms with Crippen molar-refractivity contribution in [3.63, 3.8) is 0 Å². The van der Waals surface area contributed by atoms with Crippen molar-refractivity contribution < 1.29 is 27.8 Å². The van der Waals surface area contributed by atoms with Crippen molar-refractivity contribution in [2.45, 2.75) is 31.5 Å². The number of hydrogen-bond donors (Lipinski definition) is 1. The molecule has 1 N–H and O–H groups in total. The van der Waals surface area contributed by atoms with Crippen LogP contribution in [0.25, 0.3) is 0 Å². The highest BCUT2D eigenvalue weighted by molar-refractivity contribution is 5.89. The molecular weight excluding hydrogens is 249 g/mol. The molecule has 0 radical (unpaired) electrons. The van der Waals surface area contributed by atoms with Crippen LogP contribution < -0.4 is 4.74 Å². The molecule has 1 aromatic rings. The number of carbonyl (C=O) groups is 1. The van der Waals surface area contributed by atoms with Crippen molar-refractivity contribution in [3.05, 3.63) is 29.3 Å². The van der Waals surface area contributed by atoms with E-state index in [-0.39, 0.29) is 11.7 Å². The second kappa shape index (κ2) is 3.71. The summed E-state index contributed by atoms with van der Waals surface area (Å²) in [5, 5.41) is 9.66. The van der Waals surface area contributed by atoms with Crippen LogP contribution in [-0.4, -0.2) is 17.3 Å². The summed E-state index contributed by atoms with van der Waals surface area (Å²) in [4.78, 5) is 11.3. The first kappa shape index (κ1) is 12.9. The van der Waals surface area contributed by atoms with Crippen LogP contribution in [0.5, 0.6) is 5.75 Å². The normalized spacial score (nSPS) is 23.2. The van der Waals surface area contributed by atoms with Gasteiger partial charge in [0.25, 0.3) is 5.60 Å². The molecule has 0 unspecified atom stereocenters. The predicted molar refractivity (Wildman–Crippen MR) is 56.1 cm³/mol. The Hall–Kier alpha value is -1.56. The van der Waals surface area contributed by atoms with Gasteiger partial charge >= 0.3 is 12.1 Å². The van der Waals surface area contributed by atoms with E-state index < -0.39 is 23.3 Å². The number of hydrogen-bond acceptors (Lipinski definition) is 3. The van der Waals surface area contributed by atoms with E-state index in [9.17, 15) is 23.1 Å². The van der Waals surface area contributed by atoms with Gasteiger partial charge in [0, 0.05) is 5.56 Å². The second-order valence-electron chi connectivity index (χ2n) is 4.51. The zero-order valence-corrected chi connectivity index (χ0v) is 9.71. The van der Waals surface area contributed by atoms with E-state index in [0.717, 1.165) is 0 Å². The largest absolute Gasteiger partial charge is 0.432 e. The Kier molecular flexibility index (Phi) is 2.66. The third-order valence-electron chi connectivity index (χ3n) is 2.97. The van der Waals surface area contributed by atoms with E-state index >= 15 is 0 Å². The molecule has 0 aliphatic carbocycles. The molecule has 0 amide bonds. The summed E-state index contributed by atoms with van der Waals surface area (Å²) in [6.07, 6.45) is -5.11. The van der Waals surface area contributed by atoms with Gasteiger partial charge < -0.3 is 9.84 Å². The smallest absolute Gasteiger partial charge is 0.423 e. The number of aliphatic hydroxyl groups is 1. The Morgan fingerprint density at radius 1 is 1.33 bits per heavy atom. The van der Waals surface area contributed by atoms with Crippen LogP contribution in [0.2, 0.25) is 0 Å². The average Bonchev–Trinajstić information content (AvgIpc) is 2.51. The lowest BCUT2D eigenvalue weighted by Gasteiger charge is -2.22. The predicted octanol–water partition coefficient (Wildman–Crippen LogP) is 2.48. The Balaban J connectivity index is 2.63.